The number of benzene rings is 1. The smallest absolute Gasteiger partial charge is 0.177 e. The third-order valence-electron chi connectivity index (χ3n) is 5.05. The van der Waals surface area contributed by atoms with Crippen molar-refractivity contribution in [1.82, 2.24) is 0 Å². The Hall–Kier alpha value is -1.20. The van der Waals surface area contributed by atoms with Crippen LogP contribution in [0.5, 0.6) is 0 Å². The van der Waals surface area contributed by atoms with Gasteiger partial charge in [-0.15, -0.1) is 0 Å². The van der Waals surface area contributed by atoms with E-state index in [1.54, 1.807) is 0 Å². The van der Waals surface area contributed by atoms with E-state index in [0.29, 0.717) is 0 Å². The van der Waals surface area contributed by atoms with Gasteiger partial charge in [-0.2, -0.15) is 0 Å². The number of unbranched alkanes of at least 4 members (excludes halogenated alkanes) is 1. The van der Waals surface area contributed by atoms with Gasteiger partial charge in [0, 0.05) is 12.8 Å². The molecule has 2 fully saturated rings. The van der Waals surface area contributed by atoms with Gasteiger partial charge in [0.15, 0.2) is 5.79 Å². The number of hydrogen-bond acceptors (Lipinski definition) is 4. The average molecular weight is 316 g/mol. The molecular weight excluding hydrogens is 292 g/mol. The largest absolute Gasteiger partial charge is 0.394 e. The molecule has 4 unspecified atom stereocenters. The zero-order valence-electron chi connectivity index (χ0n) is 13.5. The molecule has 23 heavy (non-hydrogen) atoms. The molecule has 0 amide bonds. The molecule has 0 saturated carbocycles. The first-order chi connectivity index (χ1) is 11.2. The summed E-state index contributed by atoms with van der Waals surface area (Å²) in [5, 5.41) is 9.62. The summed E-state index contributed by atoms with van der Waals surface area (Å²) in [7, 11) is 0. The van der Waals surface area contributed by atoms with Crippen LogP contribution in [-0.4, -0.2) is 41.9 Å². The van der Waals surface area contributed by atoms with Gasteiger partial charge in [-0.25, -0.2) is 0 Å². The van der Waals surface area contributed by atoms with Gasteiger partial charge >= 0.3 is 0 Å². The van der Waals surface area contributed by atoms with Crippen molar-refractivity contribution >= 4 is 0 Å². The van der Waals surface area contributed by atoms with E-state index in [9.17, 15) is 5.11 Å². The molecule has 0 aromatic heterocycles. The first kappa shape index (κ1) is 15.3. The third-order valence-corrected chi connectivity index (χ3v) is 5.05. The fourth-order valence-corrected chi connectivity index (χ4v) is 3.97. The van der Waals surface area contributed by atoms with Gasteiger partial charge in [0.25, 0.3) is 0 Å². The maximum absolute atomic E-state index is 9.62. The highest BCUT2D eigenvalue weighted by atomic mass is 16.8. The molecule has 2 saturated heterocycles. The third kappa shape index (κ3) is 2.64. The molecule has 0 bridgehead atoms. The zero-order valence-corrected chi connectivity index (χ0v) is 13.5. The number of ether oxygens (including phenoxy) is 3. The predicted octanol–water partition coefficient (Wildman–Crippen LogP) is 2.38. The van der Waals surface area contributed by atoms with Crippen LogP contribution in [0.2, 0.25) is 0 Å². The molecule has 1 spiro atoms. The summed E-state index contributed by atoms with van der Waals surface area (Å²) in [5.74, 6) is -0.576. The maximum atomic E-state index is 9.62. The molecule has 0 radical (unpaired) electrons. The van der Waals surface area contributed by atoms with Crippen molar-refractivity contribution in [3.05, 3.63) is 47.5 Å². The number of fused-ring (bicyclic) bond motifs is 2. The Morgan fingerprint density at radius 1 is 1.17 bits per heavy atom. The number of aliphatic hydroxyl groups is 1. The highest BCUT2D eigenvalue weighted by Crippen LogP contribution is 2.45. The molecule has 3 aliphatic rings. The molecule has 1 aliphatic carbocycles. The minimum absolute atomic E-state index is 0.0360. The first-order valence-electron chi connectivity index (χ1n) is 8.60. The summed E-state index contributed by atoms with van der Waals surface area (Å²) in [4.78, 5) is 0. The average Bonchev–Trinajstić information content (AvgIpc) is 3.19. The standard InChI is InChI=1S/C19H24O4/c1-2-3-4-9-15-17-18(16(12-20)21-15)23-19(22-17)10-13-7-5-6-8-14(13)11-19/h4-9,15-18,20H,2-3,10-12H2,1H3. The van der Waals surface area contributed by atoms with Gasteiger partial charge < -0.3 is 19.3 Å². The Bertz CT molecular complexity index is 572. The molecule has 1 aromatic carbocycles. The van der Waals surface area contributed by atoms with Crippen LogP contribution in [0.1, 0.15) is 30.9 Å². The van der Waals surface area contributed by atoms with Crippen LogP contribution in [0.15, 0.2) is 36.4 Å². The van der Waals surface area contributed by atoms with E-state index in [1.165, 1.54) is 11.1 Å². The van der Waals surface area contributed by atoms with E-state index in [4.69, 9.17) is 14.2 Å². The van der Waals surface area contributed by atoms with Crippen molar-refractivity contribution in [3.8, 4) is 0 Å². The molecule has 4 heteroatoms. The summed E-state index contributed by atoms with van der Waals surface area (Å²) >= 11 is 0. The minimum atomic E-state index is -0.576. The van der Waals surface area contributed by atoms with Crippen molar-refractivity contribution in [3.63, 3.8) is 0 Å². The molecule has 124 valence electrons. The number of hydrogen-bond donors (Lipinski definition) is 1. The van der Waals surface area contributed by atoms with E-state index in [1.807, 2.05) is 0 Å². The number of rotatable bonds is 4. The zero-order chi connectivity index (χ0) is 15.9. The molecule has 4 atom stereocenters. The van der Waals surface area contributed by atoms with E-state index >= 15 is 0 Å². The fourth-order valence-electron chi connectivity index (χ4n) is 3.97. The van der Waals surface area contributed by atoms with E-state index in [0.717, 1.165) is 25.7 Å². The lowest BCUT2D eigenvalue weighted by atomic mass is 10.1. The highest BCUT2D eigenvalue weighted by Gasteiger charge is 2.58. The van der Waals surface area contributed by atoms with Crippen molar-refractivity contribution < 1.29 is 19.3 Å². The Morgan fingerprint density at radius 3 is 2.52 bits per heavy atom. The van der Waals surface area contributed by atoms with E-state index in [-0.39, 0.29) is 31.0 Å². The van der Waals surface area contributed by atoms with Gasteiger partial charge in [0.05, 0.1) is 6.61 Å². The van der Waals surface area contributed by atoms with Crippen molar-refractivity contribution in [2.45, 2.75) is 62.8 Å². The fraction of sp³-hybridized carbons (Fsp3) is 0.579. The van der Waals surface area contributed by atoms with Crippen molar-refractivity contribution in [1.29, 1.82) is 0 Å². The molecule has 1 aromatic rings. The van der Waals surface area contributed by atoms with E-state index in [2.05, 4.69) is 43.3 Å². The van der Waals surface area contributed by atoms with Gasteiger partial charge in [-0.05, 0) is 17.5 Å². The lowest BCUT2D eigenvalue weighted by Crippen LogP contribution is -2.36. The van der Waals surface area contributed by atoms with Crippen LogP contribution in [0, 0.1) is 0 Å². The van der Waals surface area contributed by atoms with E-state index < -0.39 is 5.79 Å². The monoisotopic (exact) mass is 316 g/mol. The van der Waals surface area contributed by atoms with Crippen LogP contribution in [0.3, 0.4) is 0 Å². The second-order valence-corrected chi connectivity index (χ2v) is 6.74. The lowest BCUT2D eigenvalue weighted by molar-refractivity contribution is -0.201. The molecule has 2 aliphatic heterocycles. The summed E-state index contributed by atoms with van der Waals surface area (Å²) in [6.07, 6.45) is 7.14. The molecule has 4 nitrogen and oxygen atoms in total. The Kier molecular flexibility index (Phi) is 4.01. The predicted molar refractivity (Wildman–Crippen MR) is 86.1 cm³/mol. The topological polar surface area (TPSA) is 47.9 Å². The lowest BCUT2D eigenvalue weighted by Gasteiger charge is -2.26. The van der Waals surface area contributed by atoms with Gasteiger partial charge in [-0.3, -0.25) is 0 Å². The quantitative estimate of drug-likeness (QED) is 0.867. The van der Waals surface area contributed by atoms with Crippen LogP contribution in [0.4, 0.5) is 0 Å². The van der Waals surface area contributed by atoms with Crippen LogP contribution >= 0.6 is 0 Å². The second kappa shape index (κ2) is 6.02. The second-order valence-electron chi connectivity index (χ2n) is 6.74. The summed E-state index contributed by atoms with van der Waals surface area (Å²) in [5.41, 5.74) is 2.60. The van der Waals surface area contributed by atoms with Crippen LogP contribution in [-0.2, 0) is 27.1 Å². The van der Waals surface area contributed by atoms with Crippen molar-refractivity contribution in [2.75, 3.05) is 6.61 Å². The molecule has 2 heterocycles. The minimum Gasteiger partial charge on any atom is -0.394 e. The molecular formula is C19H24O4. The Balaban J connectivity index is 1.54. The molecule has 1 N–H and O–H groups in total. The summed E-state index contributed by atoms with van der Waals surface area (Å²) in [6.45, 7) is 2.12. The maximum Gasteiger partial charge on any atom is 0.177 e. The Morgan fingerprint density at radius 2 is 1.87 bits per heavy atom. The summed E-state index contributed by atoms with van der Waals surface area (Å²) < 4.78 is 18.6. The SMILES string of the molecule is CCCC=CC1OC(CO)C2OC3(Cc4ccccc4C3)OC12. The van der Waals surface area contributed by atoms with Gasteiger partial charge in [-0.1, -0.05) is 49.8 Å². The number of allylic oxidation sites excluding steroid dienone is 1. The van der Waals surface area contributed by atoms with Crippen LogP contribution in [0.25, 0.3) is 0 Å². The number of aliphatic hydroxyl groups excluding tert-OH is 1. The van der Waals surface area contributed by atoms with Gasteiger partial charge in [0.2, 0.25) is 0 Å². The highest BCUT2D eigenvalue weighted by molar-refractivity contribution is 5.35. The van der Waals surface area contributed by atoms with Gasteiger partial charge in [0.1, 0.15) is 24.4 Å². The summed E-state index contributed by atoms with van der Waals surface area (Å²) in [6, 6.07) is 8.40. The normalized spacial score (nSPS) is 34.3. The molecule has 4 rings (SSSR count). The Labute approximate surface area is 137 Å². The van der Waals surface area contributed by atoms with Crippen LogP contribution < -0.4 is 0 Å². The van der Waals surface area contributed by atoms with Crippen molar-refractivity contribution in [2.24, 2.45) is 0 Å². The first-order valence-corrected chi connectivity index (χ1v) is 8.60.